The van der Waals surface area contributed by atoms with Crippen molar-refractivity contribution in [1.29, 1.82) is 0 Å². The molecule has 3 aromatic rings. The lowest BCUT2D eigenvalue weighted by Crippen LogP contribution is -2.04. The van der Waals surface area contributed by atoms with E-state index in [9.17, 15) is 10.2 Å². The second-order valence-corrected chi connectivity index (χ2v) is 6.96. The van der Waals surface area contributed by atoms with Gasteiger partial charge in [0.25, 0.3) is 0 Å². The van der Waals surface area contributed by atoms with E-state index in [1.807, 2.05) is 24.3 Å². The molecule has 2 nitrogen and oxygen atoms in total. The van der Waals surface area contributed by atoms with E-state index in [-0.39, 0.29) is 17.4 Å². The van der Waals surface area contributed by atoms with Crippen molar-refractivity contribution in [1.82, 2.24) is 0 Å². The lowest BCUT2D eigenvalue weighted by molar-refractivity contribution is 0.475. The van der Waals surface area contributed by atoms with E-state index in [4.69, 9.17) is 0 Å². The van der Waals surface area contributed by atoms with Gasteiger partial charge in [-0.2, -0.15) is 0 Å². The summed E-state index contributed by atoms with van der Waals surface area (Å²) >= 11 is 0. The molecule has 2 N–H and O–H groups in total. The van der Waals surface area contributed by atoms with Crippen LogP contribution in [0.5, 0.6) is 11.5 Å². The summed E-state index contributed by atoms with van der Waals surface area (Å²) in [6, 6.07) is 23.4. The maximum atomic E-state index is 9.60. The molecule has 0 aliphatic heterocycles. The third-order valence-corrected chi connectivity index (χ3v) is 4.41. The summed E-state index contributed by atoms with van der Waals surface area (Å²) in [6.07, 6.45) is 1.07. The highest BCUT2D eigenvalue weighted by Gasteiger charge is 2.17. The Morgan fingerprint density at radius 3 is 1.32 bits per heavy atom. The van der Waals surface area contributed by atoms with Gasteiger partial charge in [0, 0.05) is 5.92 Å². The maximum absolute atomic E-state index is 9.60. The average Bonchev–Trinajstić information content (AvgIpc) is 2.59. The quantitative estimate of drug-likeness (QED) is 0.608. The van der Waals surface area contributed by atoms with Gasteiger partial charge in [0.1, 0.15) is 11.5 Å². The SMILES string of the molecule is CC(C)Cc1ccc(C(c2ccc(O)cc2)c2ccc(O)cc2)cc1. The van der Waals surface area contributed by atoms with Gasteiger partial charge in [0.05, 0.1) is 0 Å². The van der Waals surface area contributed by atoms with Crippen LogP contribution in [0.2, 0.25) is 0 Å². The zero-order valence-electron chi connectivity index (χ0n) is 14.7. The number of rotatable bonds is 5. The van der Waals surface area contributed by atoms with Gasteiger partial charge >= 0.3 is 0 Å². The second-order valence-electron chi connectivity index (χ2n) is 6.96. The van der Waals surface area contributed by atoms with E-state index in [2.05, 4.69) is 38.1 Å². The fourth-order valence-corrected chi connectivity index (χ4v) is 3.23. The zero-order valence-corrected chi connectivity index (χ0v) is 14.7. The molecule has 0 aliphatic carbocycles. The van der Waals surface area contributed by atoms with Crippen molar-refractivity contribution >= 4 is 0 Å². The van der Waals surface area contributed by atoms with Crippen LogP contribution in [-0.2, 0) is 6.42 Å². The standard InChI is InChI=1S/C23H24O2/c1-16(2)15-17-3-5-18(6-4-17)23(19-7-11-21(24)12-8-19)20-9-13-22(25)14-10-20/h3-14,16,23-25H,15H2,1-2H3. The Balaban J connectivity index is 2.01. The van der Waals surface area contributed by atoms with Crippen molar-refractivity contribution in [3.8, 4) is 11.5 Å². The van der Waals surface area contributed by atoms with E-state index in [0.29, 0.717) is 5.92 Å². The third-order valence-electron chi connectivity index (χ3n) is 4.41. The molecule has 0 aliphatic rings. The largest absolute Gasteiger partial charge is 0.508 e. The summed E-state index contributed by atoms with van der Waals surface area (Å²) < 4.78 is 0. The fourth-order valence-electron chi connectivity index (χ4n) is 3.23. The average molecular weight is 332 g/mol. The molecule has 0 saturated heterocycles. The van der Waals surface area contributed by atoms with Gasteiger partial charge < -0.3 is 10.2 Å². The summed E-state index contributed by atoms with van der Waals surface area (Å²) in [6.45, 7) is 4.45. The predicted octanol–water partition coefficient (Wildman–Crippen LogP) is 5.48. The van der Waals surface area contributed by atoms with Crippen LogP contribution in [-0.4, -0.2) is 10.2 Å². The van der Waals surface area contributed by atoms with Crippen molar-refractivity contribution in [2.45, 2.75) is 26.2 Å². The summed E-state index contributed by atoms with van der Waals surface area (Å²) in [5.74, 6) is 1.23. The zero-order chi connectivity index (χ0) is 17.8. The minimum absolute atomic E-state index is 0.0642. The highest BCUT2D eigenvalue weighted by molar-refractivity contribution is 5.46. The first-order chi connectivity index (χ1) is 12.0. The lowest BCUT2D eigenvalue weighted by atomic mass is 9.84. The Kier molecular flexibility index (Phi) is 5.08. The van der Waals surface area contributed by atoms with E-state index in [1.165, 1.54) is 11.1 Å². The molecule has 3 aromatic carbocycles. The van der Waals surface area contributed by atoms with Crippen LogP contribution in [0.1, 0.15) is 42.0 Å². The van der Waals surface area contributed by atoms with Crippen molar-refractivity contribution in [3.05, 3.63) is 95.1 Å². The first-order valence-corrected chi connectivity index (χ1v) is 8.69. The smallest absolute Gasteiger partial charge is 0.115 e. The first kappa shape index (κ1) is 17.1. The molecule has 0 aromatic heterocycles. The molecule has 0 saturated carbocycles. The molecule has 25 heavy (non-hydrogen) atoms. The van der Waals surface area contributed by atoms with Gasteiger partial charge in [-0.3, -0.25) is 0 Å². The van der Waals surface area contributed by atoms with Crippen LogP contribution in [0, 0.1) is 5.92 Å². The van der Waals surface area contributed by atoms with Gasteiger partial charge in [-0.25, -0.2) is 0 Å². The predicted molar refractivity (Wildman–Crippen MR) is 102 cm³/mol. The van der Waals surface area contributed by atoms with Crippen molar-refractivity contribution in [2.24, 2.45) is 5.92 Å². The number of phenols is 2. The molecule has 0 radical (unpaired) electrons. The van der Waals surface area contributed by atoms with Crippen molar-refractivity contribution in [2.75, 3.05) is 0 Å². The maximum Gasteiger partial charge on any atom is 0.115 e. The topological polar surface area (TPSA) is 40.5 Å². The van der Waals surface area contributed by atoms with E-state index >= 15 is 0 Å². The molecule has 0 unspecified atom stereocenters. The van der Waals surface area contributed by atoms with Gasteiger partial charge in [-0.1, -0.05) is 62.4 Å². The number of aromatic hydroxyl groups is 2. The molecule has 0 atom stereocenters. The molecule has 0 bridgehead atoms. The summed E-state index contributed by atoms with van der Waals surface area (Å²) in [5, 5.41) is 19.2. The Hall–Kier alpha value is -2.74. The monoisotopic (exact) mass is 332 g/mol. The van der Waals surface area contributed by atoms with Crippen molar-refractivity contribution in [3.63, 3.8) is 0 Å². The summed E-state index contributed by atoms with van der Waals surface area (Å²) in [7, 11) is 0. The minimum atomic E-state index is 0.0642. The van der Waals surface area contributed by atoms with Crippen LogP contribution in [0.15, 0.2) is 72.8 Å². The summed E-state index contributed by atoms with van der Waals surface area (Å²) in [5.41, 5.74) is 4.76. The van der Waals surface area contributed by atoms with Crippen LogP contribution >= 0.6 is 0 Å². The van der Waals surface area contributed by atoms with E-state index in [1.54, 1.807) is 24.3 Å². The lowest BCUT2D eigenvalue weighted by Gasteiger charge is -2.19. The van der Waals surface area contributed by atoms with E-state index < -0.39 is 0 Å². The van der Waals surface area contributed by atoms with E-state index in [0.717, 1.165) is 17.5 Å². The second kappa shape index (κ2) is 7.43. The molecular formula is C23H24O2. The van der Waals surface area contributed by atoms with Crippen molar-refractivity contribution < 1.29 is 10.2 Å². The van der Waals surface area contributed by atoms with Crippen LogP contribution in [0.4, 0.5) is 0 Å². The minimum Gasteiger partial charge on any atom is -0.508 e. The number of phenolic OH excluding ortho intramolecular Hbond substituents is 2. The van der Waals surface area contributed by atoms with Crippen LogP contribution in [0.3, 0.4) is 0 Å². The molecule has 0 spiro atoms. The molecule has 128 valence electrons. The van der Waals surface area contributed by atoms with Crippen LogP contribution < -0.4 is 0 Å². The Morgan fingerprint density at radius 1 is 0.600 bits per heavy atom. The molecule has 3 rings (SSSR count). The first-order valence-electron chi connectivity index (χ1n) is 8.69. The third kappa shape index (κ3) is 4.21. The normalized spacial score (nSPS) is 11.2. The van der Waals surface area contributed by atoms with Gasteiger partial charge in [-0.15, -0.1) is 0 Å². The van der Waals surface area contributed by atoms with Gasteiger partial charge in [-0.05, 0) is 58.9 Å². The molecule has 2 heteroatoms. The highest BCUT2D eigenvalue weighted by Crippen LogP contribution is 2.33. The molecule has 0 amide bonds. The summed E-state index contributed by atoms with van der Waals surface area (Å²) in [4.78, 5) is 0. The molecular weight excluding hydrogens is 308 g/mol. The van der Waals surface area contributed by atoms with Crippen LogP contribution in [0.25, 0.3) is 0 Å². The fraction of sp³-hybridized carbons (Fsp3) is 0.217. The number of hydrogen-bond acceptors (Lipinski definition) is 2. The number of benzene rings is 3. The molecule has 0 fully saturated rings. The molecule has 0 heterocycles. The number of hydrogen-bond donors (Lipinski definition) is 2. The highest BCUT2D eigenvalue weighted by atomic mass is 16.3. The van der Waals surface area contributed by atoms with Gasteiger partial charge in [0.2, 0.25) is 0 Å². The Morgan fingerprint density at radius 2 is 0.960 bits per heavy atom. The Bertz CT molecular complexity index is 755. The Labute approximate surface area is 149 Å². The van der Waals surface area contributed by atoms with Gasteiger partial charge in [0.15, 0.2) is 0 Å².